The number of rotatable bonds is 9. The van der Waals surface area contributed by atoms with E-state index in [1.54, 1.807) is 6.20 Å². The fourth-order valence-corrected chi connectivity index (χ4v) is 4.22. The minimum Gasteiger partial charge on any atom is -0.492 e. The molecule has 6 nitrogen and oxygen atoms in total. The zero-order valence-corrected chi connectivity index (χ0v) is 22.0. The number of ether oxygens (including phenoxy) is 2. The van der Waals surface area contributed by atoms with E-state index in [4.69, 9.17) is 14.5 Å². The number of carbonyl (C=O) groups excluding carboxylic acids is 1. The first-order valence-corrected chi connectivity index (χ1v) is 12.6. The summed E-state index contributed by atoms with van der Waals surface area (Å²) < 4.78 is 11.3. The van der Waals surface area contributed by atoms with Crippen LogP contribution in [0.5, 0.6) is 5.75 Å². The molecule has 0 amide bonds. The van der Waals surface area contributed by atoms with Gasteiger partial charge < -0.3 is 14.4 Å². The number of nitrogens with zero attached hydrogens (tertiary/aromatic N) is 3. The Hall–Kier alpha value is -2.63. The van der Waals surface area contributed by atoms with Crippen molar-refractivity contribution in [3.05, 3.63) is 35.8 Å². The van der Waals surface area contributed by atoms with E-state index in [9.17, 15) is 4.79 Å². The molecule has 3 rings (SSSR count). The smallest absolute Gasteiger partial charge is 0.310 e. The number of hydrogen-bond donors (Lipinski definition) is 0. The van der Waals surface area contributed by atoms with E-state index < -0.39 is 0 Å². The van der Waals surface area contributed by atoms with Crippen LogP contribution in [0.1, 0.15) is 72.1 Å². The van der Waals surface area contributed by atoms with Crippen LogP contribution in [-0.4, -0.2) is 41.7 Å². The maximum atomic E-state index is 12.7. The molecule has 1 saturated heterocycles. The number of aryl methyl sites for hydroxylation is 1. The zero-order valence-electron chi connectivity index (χ0n) is 22.0. The molecule has 0 bridgehead atoms. The first-order chi connectivity index (χ1) is 16.1. The number of esters is 1. The molecule has 2 aromatic heterocycles. The summed E-state index contributed by atoms with van der Waals surface area (Å²) in [5.41, 5.74) is 4.96. The monoisotopic (exact) mass is 467 g/mol. The second-order valence-electron chi connectivity index (χ2n) is 10.9. The van der Waals surface area contributed by atoms with Gasteiger partial charge in [-0.2, -0.15) is 0 Å². The lowest BCUT2D eigenvalue weighted by atomic mass is 9.82. The summed E-state index contributed by atoms with van der Waals surface area (Å²) in [5, 5.41) is 0. The van der Waals surface area contributed by atoms with Gasteiger partial charge in [-0.25, -0.2) is 0 Å². The second kappa shape index (κ2) is 11.2. The molecule has 3 heterocycles. The van der Waals surface area contributed by atoms with Crippen molar-refractivity contribution in [3.63, 3.8) is 0 Å². The lowest BCUT2D eigenvalue weighted by molar-refractivity contribution is -0.146. The van der Waals surface area contributed by atoms with Gasteiger partial charge >= 0.3 is 5.97 Å². The van der Waals surface area contributed by atoms with Gasteiger partial charge in [-0.15, -0.1) is 0 Å². The second-order valence-corrected chi connectivity index (χ2v) is 10.9. The summed E-state index contributed by atoms with van der Waals surface area (Å²) in [6, 6.07) is 3.96. The van der Waals surface area contributed by atoms with E-state index in [-0.39, 0.29) is 18.5 Å². The maximum absolute atomic E-state index is 12.7. The SMILES string of the molecule is Cc1ncc(-c2ccc(OCCC(C)C)cn2)c(N2CCC(C)(C)CC2)c1CC(=O)OC(C)C. The topological polar surface area (TPSA) is 64.6 Å². The maximum Gasteiger partial charge on any atom is 0.310 e. The highest BCUT2D eigenvalue weighted by molar-refractivity contribution is 5.84. The van der Waals surface area contributed by atoms with Gasteiger partial charge in [-0.1, -0.05) is 27.7 Å². The first-order valence-electron chi connectivity index (χ1n) is 12.6. The molecule has 2 aromatic rings. The molecular formula is C28H41N3O3. The van der Waals surface area contributed by atoms with E-state index in [0.717, 1.165) is 66.3 Å². The molecule has 34 heavy (non-hydrogen) atoms. The predicted octanol–water partition coefficient (Wildman–Crippen LogP) is 6.00. The van der Waals surface area contributed by atoms with Crippen molar-refractivity contribution >= 4 is 11.7 Å². The van der Waals surface area contributed by atoms with Crippen molar-refractivity contribution in [2.24, 2.45) is 11.3 Å². The predicted molar refractivity (Wildman–Crippen MR) is 137 cm³/mol. The molecule has 0 unspecified atom stereocenters. The highest BCUT2D eigenvalue weighted by atomic mass is 16.5. The number of pyridine rings is 2. The van der Waals surface area contributed by atoms with Crippen molar-refractivity contribution in [1.82, 2.24) is 9.97 Å². The third-order valence-corrected chi connectivity index (χ3v) is 6.46. The van der Waals surface area contributed by atoms with E-state index in [0.29, 0.717) is 17.9 Å². The van der Waals surface area contributed by atoms with Gasteiger partial charge in [0.05, 0.1) is 36.7 Å². The Kier molecular flexibility index (Phi) is 8.56. The highest BCUT2D eigenvalue weighted by Crippen LogP contribution is 2.39. The summed E-state index contributed by atoms with van der Waals surface area (Å²) in [6.07, 6.45) is 6.94. The van der Waals surface area contributed by atoms with Crippen molar-refractivity contribution < 1.29 is 14.3 Å². The Bertz CT molecular complexity index is 958. The van der Waals surface area contributed by atoms with Gasteiger partial charge in [0.1, 0.15) is 5.75 Å². The van der Waals surface area contributed by atoms with Gasteiger partial charge in [-0.3, -0.25) is 14.8 Å². The number of piperidine rings is 1. The van der Waals surface area contributed by atoms with Crippen LogP contribution in [0.4, 0.5) is 5.69 Å². The third-order valence-electron chi connectivity index (χ3n) is 6.46. The molecule has 0 aliphatic carbocycles. The molecule has 0 spiro atoms. The Labute approximate surface area is 205 Å². The standard InChI is InChI=1S/C28H41N3O3/c1-19(2)10-15-33-22-8-9-25(30-17-22)24-18-29-21(5)23(16-26(32)34-20(3)4)27(24)31-13-11-28(6,7)12-14-31/h8-9,17-20H,10-16H2,1-7H3. The van der Waals surface area contributed by atoms with Crippen molar-refractivity contribution in [3.8, 4) is 17.0 Å². The van der Waals surface area contributed by atoms with Gasteiger partial charge in [0.15, 0.2) is 0 Å². The molecule has 1 aliphatic heterocycles. The van der Waals surface area contributed by atoms with Crippen molar-refractivity contribution in [1.29, 1.82) is 0 Å². The van der Waals surface area contributed by atoms with Crippen LogP contribution >= 0.6 is 0 Å². The van der Waals surface area contributed by atoms with Crippen LogP contribution in [0.2, 0.25) is 0 Å². The molecule has 0 N–H and O–H groups in total. The summed E-state index contributed by atoms with van der Waals surface area (Å²) in [4.78, 5) is 24.4. The summed E-state index contributed by atoms with van der Waals surface area (Å²) in [7, 11) is 0. The molecule has 6 heteroatoms. The fraction of sp³-hybridized carbons (Fsp3) is 0.607. The lowest BCUT2D eigenvalue weighted by Crippen LogP contribution is -2.38. The first kappa shape index (κ1) is 26.0. The minimum absolute atomic E-state index is 0.145. The van der Waals surface area contributed by atoms with Gasteiger partial charge in [-0.05, 0) is 63.5 Å². The fourth-order valence-electron chi connectivity index (χ4n) is 4.22. The average Bonchev–Trinajstić information content (AvgIpc) is 2.75. The molecule has 0 aromatic carbocycles. The Balaban J connectivity index is 1.96. The molecule has 186 valence electrons. The van der Waals surface area contributed by atoms with Gasteiger partial charge in [0, 0.05) is 36.1 Å². The molecule has 0 atom stereocenters. The molecule has 0 radical (unpaired) electrons. The number of hydrogen-bond acceptors (Lipinski definition) is 6. The van der Waals surface area contributed by atoms with Gasteiger partial charge in [0.2, 0.25) is 0 Å². The van der Waals surface area contributed by atoms with E-state index in [1.807, 2.05) is 39.1 Å². The average molecular weight is 468 g/mol. The van der Waals surface area contributed by atoms with Crippen molar-refractivity contribution in [2.45, 2.75) is 80.3 Å². The lowest BCUT2D eigenvalue weighted by Gasteiger charge is -2.40. The Morgan fingerprint density at radius 3 is 2.38 bits per heavy atom. The largest absolute Gasteiger partial charge is 0.492 e. The third kappa shape index (κ3) is 6.94. The summed E-state index contributed by atoms with van der Waals surface area (Å²) in [6.45, 7) is 17.3. The van der Waals surface area contributed by atoms with Crippen LogP contribution in [0, 0.1) is 18.3 Å². The number of carbonyl (C=O) groups is 1. The van der Waals surface area contributed by atoms with Crippen LogP contribution in [0.25, 0.3) is 11.3 Å². The van der Waals surface area contributed by atoms with Crippen LogP contribution < -0.4 is 9.64 Å². The zero-order chi connectivity index (χ0) is 24.9. The van der Waals surface area contributed by atoms with Gasteiger partial charge in [0.25, 0.3) is 0 Å². The number of anilines is 1. The highest BCUT2D eigenvalue weighted by Gasteiger charge is 2.29. The normalized spacial score (nSPS) is 15.6. The quantitative estimate of drug-likeness (QED) is 0.422. The van der Waals surface area contributed by atoms with Crippen LogP contribution in [0.3, 0.4) is 0 Å². The molecule has 1 fully saturated rings. The summed E-state index contributed by atoms with van der Waals surface area (Å²) in [5.74, 6) is 1.15. The molecular weight excluding hydrogens is 426 g/mol. The Morgan fingerprint density at radius 2 is 1.79 bits per heavy atom. The van der Waals surface area contributed by atoms with Crippen LogP contribution in [0.15, 0.2) is 24.5 Å². The van der Waals surface area contributed by atoms with E-state index in [2.05, 4.69) is 37.6 Å². The number of aromatic nitrogens is 2. The summed E-state index contributed by atoms with van der Waals surface area (Å²) >= 11 is 0. The minimum atomic E-state index is -0.225. The van der Waals surface area contributed by atoms with E-state index in [1.165, 1.54) is 0 Å². The Morgan fingerprint density at radius 1 is 1.09 bits per heavy atom. The molecule has 0 saturated carbocycles. The van der Waals surface area contributed by atoms with E-state index >= 15 is 0 Å². The molecule has 1 aliphatic rings. The van der Waals surface area contributed by atoms with Crippen LogP contribution in [-0.2, 0) is 16.0 Å². The van der Waals surface area contributed by atoms with Crippen molar-refractivity contribution in [2.75, 3.05) is 24.6 Å².